The molecule has 0 saturated heterocycles. The van der Waals surface area contributed by atoms with Crippen molar-refractivity contribution in [3.63, 3.8) is 0 Å². The van der Waals surface area contributed by atoms with Gasteiger partial charge in [0, 0.05) is 17.9 Å². The molecule has 1 unspecified atom stereocenters. The van der Waals surface area contributed by atoms with Crippen LogP contribution < -0.4 is 31.3 Å². The van der Waals surface area contributed by atoms with E-state index in [2.05, 4.69) is 26.3 Å². The zero-order valence-electron chi connectivity index (χ0n) is 22.6. The highest BCUT2D eigenvalue weighted by Gasteiger charge is 2.32. The Morgan fingerprint density at radius 3 is 2.56 bits per heavy atom. The number of methoxy groups -OCH3 is 2. The molecule has 39 heavy (non-hydrogen) atoms. The van der Waals surface area contributed by atoms with Gasteiger partial charge in [-0.15, -0.1) is 0 Å². The topological polar surface area (TPSA) is 114 Å². The Balaban J connectivity index is 1.66. The number of carbonyl (C=O) groups is 1. The molecule has 0 fully saturated rings. The Kier molecular flexibility index (Phi) is 6.98. The number of H-pyrrole nitrogens is 2. The second-order valence-corrected chi connectivity index (χ2v) is 9.37. The highest BCUT2D eigenvalue weighted by molar-refractivity contribution is 5.95. The molecule has 200 valence electrons. The molecule has 1 aliphatic rings. The van der Waals surface area contributed by atoms with Gasteiger partial charge in [-0.3, -0.25) is 14.2 Å². The van der Waals surface area contributed by atoms with E-state index in [0.29, 0.717) is 45.8 Å². The second kappa shape index (κ2) is 10.5. The maximum absolute atomic E-state index is 13.8. The minimum Gasteiger partial charge on any atom is -0.493 e. The van der Waals surface area contributed by atoms with Crippen LogP contribution in [0.5, 0.6) is 11.5 Å². The minimum atomic E-state index is -0.721. The van der Waals surface area contributed by atoms with Gasteiger partial charge < -0.3 is 24.8 Å². The number of fused-ring (bicyclic) bond motifs is 1. The van der Waals surface area contributed by atoms with Crippen molar-refractivity contribution < 1.29 is 14.3 Å². The van der Waals surface area contributed by atoms with Crippen LogP contribution in [0.3, 0.4) is 0 Å². The third kappa shape index (κ3) is 4.79. The molecule has 0 radical (unpaired) electrons. The fraction of sp³-hybridized carbons (Fsp3) is 0.233. The normalized spacial score (nSPS) is 15.1. The number of hydrogen-bond acceptors (Lipinski definition) is 5. The van der Waals surface area contributed by atoms with Gasteiger partial charge in [-0.25, -0.2) is 4.99 Å². The molecule has 4 aromatic rings. The first-order valence-electron chi connectivity index (χ1n) is 12.7. The van der Waals surface area contributed by atoms with Crippen molar-refractivity contribution in [2.45, 2.75) is 26.8 Å². The first-order chi connectivity index (χ1) is 18.8. The Morgan fingerprint density at radius 2 is 1.85 bits per heavy atom. The van der Waals surface area contributed by atoms with Crippen LogP contribution in [-0.4, -0.2) is 41.2 Å². The molecule has 1 amide bonds. The molecular formula is C30H31N5O4. The molecule has 0 bridgehead atoms. The first-order valence-corrected chi connectivity index (χ1v) is 12.7. The van der Waals surface area contributed by atoms with E-state index in [1.54, 1.807) is 39.4 Å². The lowest BCUT2D eigenvalue weighted by molar-refractivity contribution is -0.117. The zero-order chi connectivity index (χ0) is 27.7. The molecule has 5 rings (SSSR count). The van der Waals surface area contributed by atoms with E-state index in [4.69, 9.17) is 9.47 Å². The number of rotatable bonds is 7. The van der Waals surface area contributed by atoms with Crippen LogP contribution in [0.25, 0.3) is 17.3 Å². The molecule has 3 heterocycles. The molecule has 2 aromatic heterocycles. The maximum atomic E-state index is 13.8. The summed E-state index contributed by atoms with van der Waals surface area (Å²) in [6.45, 7) is 6.11. The van der Waals surface area contributed by atoms with Crippen LogP contribution in [0.2, 0.25) is 0 Å². The highest BCUT2D eigenvalue weighted by Crippen LogP contribution is 2.35. The van der Waals surface area contributed by atoms with E-state index in [0.717, 1.165) is 22.5 Å². The molecule has 3 N–H and O–H groups in total. The molecular weight excluding hydrogens is 494 g/mol. The average Bonchev–Trinajstić information content (AvgIpc) is 3.52. The third-order valence-electron chi connectivity index (χ3n) is 6.76. The number of aryl methyl sites for hydroxylation is 1. The molecule has 0 saturated carbocycles. The highest BCUT2D eigenvalue weighted by atomic mass is 16.5. The van der Waals surface area contributed by atoms with E-state index >= 15 is 0 Å². The Labute approximate surface area is 225 Å². The summed E-state index contributed by atoms with van der Waals surface area (Å²) in [6.07, 6.45) is 1.76. The van der Waals surface area contributed by atoms with Crippen molar-refractivity contribution in [1.82, 2.24) is 19.9 Å². The summed E-state index contributed by atoms with van der Waals surface area (Å²) in [5, 5.41) is 3.21. The van der Waals surface area contributed by atoms with E-state index in [1.165, 1.54) is 4.57 Å². The molecule has 9 nitrogen and oxygen atoms in total. The van der Waals surface area contributed by atoms with Crippen molar-refractivity contribution in [2.75, 3.05) is 20.8 Å². The van der Waals surface area contributed by atoms with Crippen LogP contribution in [0, 0.1) is 6.92 Å². The Hall–Kier alpha value is -4.79. The van der Waals surface area contributed by atoms with Gasteiger partial charge in [0.2, 0.25) is 5.62 Å². The lowest BCUT2D eigenvalue weighted by Gasteiger charge is -2.25. The SMILES string of the molecule is CCNC(=O)C1=C(C)N=c2[nH]c(=Cc3ccc(-c4cccc(C)c4)[nH]3)c(=O)n2C1c1ccc(OC)c(OC)c1. The van der Waals surface area contributed by atoms with E-state index in [9.17, 15) is 9.59 Å². The number of hydrogen-bond donors (Lipinski definition) is 3. The third-order valence-corrected chi connectivity index (χ3v) is 6.76. The summed E-state index contributed by atoms with van der Waals surface area (Å²) in [5.74, 6) is 0.765. The molecule has 0 spiro atoms. The quantitative estimate of drug-likeness (QED) is 0.344. The van der Waals surface area contributed by atoms with Crippen LogP contribution >= 0.6 is 0 Å². The summed E-state index contributed by atoms with van der Waals surface area (Å²) in [5.41, 5.74) is 5.62. The molecule has 2 aromatic carbocycles. The first kappa shape index (κ1) is 25.8. The lowest BCUT2D eigenvalue weighted by Crippen LogP contribution is -2.41. The summed E-state index contributed by atoms with van der Waals surface area (Å²) in [7, 11) is 3.11. The maximum Gasteiger partial charge on any atom is 0.278 e. The smallest absolute Gasteiger partial charge is 0.278 e. The number of allylic oxidation sites excluding steroid dienone is 1. The Morgan fingerprint density at radius 1 is 1.05 bits per heavy atom. The van der Waals surface area contributed by atoms with Gasteiger partial charge in [0.25, 0.3) is 11.5 Å². The van der Waals surface area contributed by atoms with Gasteiger partial charge in [0.05, 0.1) is 31.5 Å². The van der Waals surface area contributed by atoms with Crippen molar-refractivity contribution in [3.05, 3.63) is 104 Å². The number of amides is 1. The fourth-order valence-electron chi connectivity index (χ4n) is 4.94. The molecule has 1 aliphatic heterocycles. The number of carbonyl (C=O) groups excluding carboxylic acids is 1. The van der Waals surface area contributed by atoms with Gasteiger partial charge in [0.15, 0.2) is 11.5 Å². The van der Waals surface area contributed by atoms with Gasteiger partial charge in [-0.2, -0.15) is 0 Å². The van der Waals surface area contributed by atoms with Gasteiger partial charge in [-0.05, 0) is 68.3 Å². The van der Waals surface area contributed by atoms with Crippen LogP contribution in [0.15, 0.2) is 75.7 Å². The summed E-state index contributed by atoms with van der Waals surface area (Å²) >= 11 is 0. The van der Waals surface area contributed by atoms with Gasteiger partial charge >= 0.3 is 0 Å². The number of benzene rings is 2. The number of aromatic nitrogens is 3. The number of ether oxygens (including phenoxy) is 2. The number of nitrogens with zero attached hydrogens (tertiary/aromatic N) is 2. The van der Waals surface area contributed by atoms with Crippen LogP contribution in [0.1, 0.15) is 36.7 Å². The predicted octanol–water partition coefficient (Wildman–Crippen LogP) is 2.96. The van der Waals surface area contributed by atoms with Gasteiger partial charge in [-0.1, -0.05) is 29.8 Å². The van der Waals surface area contributed by atoms with Crippen molar-refractivity contribution in [3.8, 4) is 22.8 Å². The van der Waals surface area contributed by atoms with E-state index < -0.39 is 6.04 Å². The number of likely N-dealkylation sites (N-methyl/N-ethyl adjacent to an activating group) is 1. The van der Waals surface area contributed by atoms with Crippen molar-refractivity contribution in [1.29, 1.82) is 0 Å². The zero-order valence-corrected chi connectivity index (χ0v) is 22.6. The number of aromatic amines is 2. The summed E-state index contributed by atoms with van der Waals surface area (Å²) in [4.78, 5) is 38.2. The minimum absolute atomic E-state index is 0.282. The standard InChI is InChI=1S/C30H31N5O4/c1-6-31-28(36)26-18(3)32-30-34-23(16-21-11-12-22(33-21)19-9-7-8-17(2)14-19)29(37)35(30)27(26)20-10-13-24(38-4)25(15-20)39-5/h7-16,27,33H,6H2,1-5H3,(H,31,36)(H,32,34). The largest absolute Gasteiger partial charge is 0.493 e. The fourth-order valence-corrected chi connectivity index (χ4v) is 4.94. The summed E-state index contributed by atoms with van der Waals surface area (Å²) in [6, 6.07) is 16.8. The average molecular weight is 526 g/mol. The van der Waals surface area contributed by atoms with Gasteiger partial charge in [0.1, 0.15) is 5.35 Å². The number of imidazole rings is 1. The molecule has 9 heteroatoms. The lowest BCUT2D eigenvalue weighted by atomic mass is 9.94. The Bertz CT molecular complexity index is 1770. The van der Waals surface area contributed by atoms with Crippen LogP contribution in [-0.2, 0) is 4.79 Å². The molecule has 0 aliphatic carbocycles. The van der Waals surface area contributed by atoms with Crippen LogP contribution in [0.4, 0.5) is 0 Å². The van der Waals surface area contributed by atoms with E-state index in [-0.39, 0.29) is 11.5 Å². The van der Waals surface area contributed by atoms with Crippen molar-refractivity contribution >= 4 is 12.0 Å². The number of nitrogens with one attached hydrogen (secondary N) is 3. The predicted molar refractivity (Wildman–Crippen MR) is 149 cm³/mol. The second-order valence-electron chi connectivity index (χ2n) is 9.37. The van der Waals surface area contributed by atoms with E-state index in [1.807, 2.05) is 50.2 Å². The monoisotopic (exact) mass is 525 g/mol. The molecule has 1 atom stereocenters. The van der Waals surface area contributed by atoms with Crippen molar-refractivity contribution in [2.24, 2.45) is 4.99 Å². The summed E-state index contributed by atoms with van der Waals surface area (Å²) < 4.78 is 12.4.